The number of rotatable bonds is 4. The number of hydrogen-bond acceptors (Lipinski definition) is 4. The van der Waals surface area contributed by atoms with E-state index in [1.165, 1.54) is 24.3 Å². The van der Waals surface area contributed by atoms with Crippen LogP contribution in [0.1, 0.15) is 23.2 Å². The zero-order valence-corrected chi connectivity index (χ0v) is 11.3. The van der Waals surface area contributed by atoms with Gasteiger partial charge < -0.3 is 5.32 Å². The molecule has 1 N–H and O–H groups in total. The van der Waals surface area contributed by atoms with Gasteiger partial charge in [-0.3, -0.25) is 4.79 Å². The van der Waals surface area contributed by atoms with Gasteiger partial charge in [-0.05, 0) is 37.0 Å². The standard InChI is InChI=1S/C13H14N2O3S/c1-19(17,18)11-4-2-3-10(7-11)13(16)15-12(8-14)9-5-6-9/h2-4,7,9,12H,5-6H2,1H3,(H,15,16). The Morgan fingerprint density at radius 2 is 2.16 bits per heavy atom. The molecule has 1 unspecified atom stereocenters. The van der Waals surface area contributed by atoms with Crippen molar-refractivity contribution in [2.24, 2.45) is 5.92 Å². The minimum atomic E-state index is -3.34. The summed E-state index contributed by atoms with van der Waals surface area (Å²) in [5.41, 5.74) is 0.254. The molecule has 1 fully saturated rings. The Hall–Kier alpha value is -1.87. The van der Waals surface area contributed by atoms with Crippen LogP contribution in [-0.4, -0.2) is 26.6 Å². The van der Waals surface area contributed by atoms with E-state index in [0.29, 0.717) is 0 Å². The summed E-state index contributed by atoms with van der Waals surface area (Å²) in [5.74, 6) is -0.184. The van der Waals surface area contributed by atoms with Gasteiger partial charge in [-0.15, -0.1) is 0 Å². The van der Waals surface area contributed by atoms with Crippen LogP contribution in [0.4, 0.5) is 0 Å². The molecule has 1 saturated carbocycles. The minimum absolute atomic E-state index is 0.0973. The number of nitrogens with one attached hydrogen (secondary N) is 1. The molecule has 1 atom stereocenters. The molecular weight excluding hydrogens is 264 g/mol. The van der Waals surface area contributed by atoms with Crippen molar-refractivity contribution in [2.45, 2.75) is 23.8 Å². The van der Waals surface area contributed by atoms with Gasteiger partial charge in [0.25, 0.3) is 5.91 Å². The average Bonchev–Trinajstić information content (AvgIpc) is 3.19. The fourth-order valence-electron chi connectivity index (χ4n) is 1.78. The molecular formula is C13H14N2O3S. The molecule has 0 heterocycles. The van der Waals surface area contributed by atoms with Crippen molar-refractivity contribution in [3.63, 3.8) is 0 Å². The number of amides is 1. The van der Waals surface area contributed by atoms with E-state index in [1.807, 2.05) is 0 Å². The number of sulfone groups is 1. The predicted molar refractivity (Wildman–Crippen MR) is 69.1 cm³/mol. The van der Waals surface area contributed by atoms with Crippen LogP contribution >= 0.6 is 0 Å². The third-order valence-electron chi connectivity index (χ3n) is 3.04. The molecule has 100 valence electrons. The van der Waals surface area contributed by atoms with Crippen LogP contribution in [0.25, 0.3) is 0 Å². The Morgan fingerprint density at radius 3 is 2.68 bits per heavy atom. The lowest BCUT2D eigenvalue weighted by atomic mass is 10.1. The molecule has 1 amide bonds. The van der Waals surface area contributed by atoms with Gasteiger partial charge >= 0.3 is 0 Å². The lowest BCUT2D eigenvalue weighted by molar-refractivity contribution is 0.0941. The van der Waals surface area contributed by atoms with Crippen molar-refractivity contribution in [2.75, 3.05) is 6.26 Å². The van der Waals surface area contributed by atoms with Crippen LogP contribution in [0, 0.1) is 17.2 Å². The first kappa shape index (κ1) is 13.6. The van der Waals surface area contributed by atoms with Crippen LogP contribution in [0.15, 0.2) is 29.2 Å². The third kappa shape index (κ3) is 3.32. The number of nitrogens with zero attached hydrogens (tertiary/aromatic N) is 1. The Labute approximate surface area is 112 Å². The molecule has 0 spiro atoms. The number of carbonyl (C=O) groups is 1. The summed E-state index contributed by atoms with van der Waals surface area (Å²) in [6.07, 6.45) is 2.98. The summed E-state index contributed by atoms with van der Waals surface area (Å²) in [6.45, 7) is 0. The third-order valence-corrected chi connectivity index (χ3v) is 4.15. The first-order valence-corrected chi connectivity index (χ1v) is 7.81. The molecule has 6 heteroatoms. The zero-order valence-electron chi connectivity index (χ0n) is 10.5. The maximum Gasteiger partial charge on any atom is 0.252 e. The molecule has 0 aromatic heterocycles. The second-order valence-electron chi connectivity index (χ2n) is 4.72. The second-order valence-corrected chi connectivity index (χ2v) is 6.73. The van der Waals surface area contributed by atoms with Crippen LogP contribution in [0.3, 0.4) is 0 Å². The SMILES string of the molecule is CS(=O)(=O)c1cccc(C(=O)NC(C#N)C2CC2)c1. The van der Waals surface area contributed by atoms with Crippen molar-refractivity contribution in [1.29, 1.82) is 5.26 Å². The second kappa shape index (κ2) is 5.02. The van der Waals surface area contributed by atoms with E-state index in [9.17, 15) is 13.2 Å². The first-order valence-electron chi connectivity index (χ1n) is 5.92. The Morgan fingerprint density at radius 1 is 1.47 bits per heavy atom. The van der Waals surface area contributed by atoms with Gasteiger partial charge in [0.15, 0.2) is 9.84 Å². The summed E-state index contributed by atoms with van der Waals surface area (Å²) < 4.78 is 22.8. The van der Waals surface area contributed by atoms with E-state index >= 15 is 0 Å². The van der Waals surface area contributed by atoms with E-state index in [-0.39, 0.29) is 16.4 Å². The Bertz CT molecular complexity index is 642. The Balaban J connectivity index is 2.17. The van der Waals surface area contributed by atoms with Crippen molar-refractivity contribution < 1.29 is 13.2 Å². The lowest BCUT2D eigenvalue weighted by Gasteiger charge is -2.10. The monoisotopic (exact) mass is 278 g/mol. The normalized spacial score (nSPS) is 16.4. The van der Waals surface area contributed by atoms with Gasteiger partial charge in [0.05, 0.1) is 11.0 Å². The van der Waals surface area contributed by atoms with Crippen molar-refractivity contribution >= 4 is 15.7 Å². The van der Waals surface area contributed by atoms with E-state index in [4.69, 9.17) is 5.26 Å². The number of carbonyl (C=O) groups excluding carboxylic acids is 1. The fourth-order valence-corrected chi connectivity index (χ4v) is 2.44. The topological polar surface area (TPSA) is 87.0 Å². The molecule has 1 aliphatic rings. The molecule has 0 bridgehead atoms. The van der Waals surface area contributed by atoms with Gasteiger partial charge in [-0.25, -0.2) is 8.42 Å². The first-order chi connectivity index (χ1) is 8.91. The van der Waals surface area contributed by atoms with Crippen LogP contribution in [0.2, 0.25) is 0 Å². The smallest absolute Gasteiger partial charge is 0.252 e. The van der Waals surface area contributed by atoms with Crippen molar-refractivity contribution in [3.8, 4) is 6.07 Å². The van der Waals surface area contributed by atoms with Crippen LogP contribution in [-0.2, 0) is 9.84 Å². The molecule has 5 nitrogen and oxygen atoms in total. The van der Waals surface area contributed by atoms with Gasteiger partial charge in [-0.2, -0.15) is 5.26 Å². The average molecular weight is 278 g/mol. The highest BCUT2D eigenvalue weighted by Crippen LogP contribution is 2.32. The lowest BCUT2D eigenvalue weighted by Crippen LogP contribution is -2.35. The summed E-state index contributed by atoms with van der Waals surface area (Å²) in [7, 11) is -3.34. The summed E-state index contributed by atoms with van der Waals surface area (Å²) in [6, 6.07) is 7.38. The summed E-state index contributed by atoms with van der Waals surface area (Å²) in [5, 5.41) is 11.6. The molecule has 1 aromatic carbocycles. The van der Waals surface area contributed by atoms with Gasteiger partial charge in [0, 0.05) is 11.8 Å². The summed E-state index contributed by atoms with van der Waals surface area (Å²) in [4.78, 5) is 12.1. The van der Waals surface area contributed by atoms with Crippen LogP contribution < -0.4 is 5.32 Å². The van der Waals surface area contributed by atoms with Gasteiger partial charge in [0.2, 0.25) is 0 Å². The Kier molecular flexibility index (Phi) is 3.58. The number of hydrogen-bond donors (Lipinski definition) is 1. The quantitative estimate of drug-likeness (QED) is 0.894. The van der Waals surface area contributed by atoms with Gasteiger partial charge in [-0.1, -0.05) is 6.07 Å². The van der Waals surface area contributed by atoms with E-state index in [1.54, 1.807) is 0 Å². The molecule has 1 aliphatic carbocycles. The predicted octanol–water partition coefficient (Wildman–Crippen LogP) is 1.12. The molecule has 0 aliphatic heterocycles. The maximum atomic E-state index is 12.0. The summed E-state index contributed by atoms with van der Waals surface area (Å²) >= 11 is 0. The maximum absolute atomic E-state index is 12.0. The highest BCUT2D eigenvalue weighted by Gasteiger charge is 2.32. The van der Waals surface area contributed by atoms with Crippen molar-refractivity contribution in [1.82, 2.24) is 5.32 Å². The highest BCUT2D eigenvalue weighted by atomic mass is 32.2. The van der Waals surface area contributed by atoms with E-state index in [2.05, 4.69) is 11.4 Å². The molecule has 1 aromatic rings. The highest BCUT2D eigenvalue weighted by molar-refractivity contribution is 7.90. The number of benzene rings is 1. The van der Waals surface area contributed by atoms with E-state index < -0.39 is 21.8 Å². The molecule has 0 saturated heterocycles. The van der Waals surface area contributed by atoms with E-state index in [0.717, 1.165) is 19.1 Å². The minimum Gasteiger partial charge on any atom is -0.336 e. The van der Waals surface area contributed by atoms with Gasteiger partial charge in [0.1, 0.15) is 6.04 Å². The largest absolute Gasteiger partial charge is 0.336 e. The van der Waals surface area contributed by atoms with Crippen molar-refractivity contribution in [3.05, 3.63) is 29.8 Å². The van der Waals surface area contributed by atoms with Crippen LogP contribution in [0.5, 0.6) is 0 Å². The fraction of sp³-hybridized carbons (Fsp3) is 0.385. The molecule has 19 heavy (non-hydrogen) atoms. The molecule has 2 rings (SSSR count). The number of nitriles is 1. The molecule has 0 radical (unpaired) electrons. The zero-order chi connectivity index (χ0) is 14.0.